The lowest BCUT2D eigenvalue weighted by atomic mass is 10.1. The van der Waals surface area contributed by atoms with Crippen molar-refractivity contribution in [3.05, 3.63) is 58.6 Å². The van der Waals surface area contributed by atoms with Crippen LogP contribution in [0.5, 0.6) is 0 Å². The topological polar surface area (TPSA) is 75.3 Å². The van der Waals surface area contributed by atoms with Gasteiger partial charge in [-0.1, -0.05) is 30.7 Å². The third-order valence-corrected chi connectivity index (χ3v) is 5.05. The number of sulfonamides is 1. The minimum atomic E-state index is -3.40. The van der Waals surface area contributed by atoms with Gasteiger partial charge in [0.1, 0.15) is 0 Å². The van der Waals surface area contributed by atoms with Crippen molar-refractivity contribution in [2.24, 2.45) is 0 Å². The highest BCUT2D eigenvalue weighted by Gasteiger charge is 2.12. The average molecular weight is 367 g/mol. The highest BCUT2D eigenvalue weighted by molar-refractivity contribution is 7.92. The van der Waals surface area contributed by atoms with Crippen molar-refractivity contribution >= 4 is 38.9 Å². The van der Waals surface area contributed by atoms with E-state index in [2.05, 4.69) is 10.0 Å². The molecule has 0 aliphatic carbocycles. The lowest BCUT2D eigenvalue weighted by Gasteiger charge is -2.10. The third-order valence-electron chi connectivity index (χ3n) is 3.24. The smallest absolute Gasteiger partial charge is 0.255 e. The van der Waals surface area contributed by atoms with E-state index < -0.39 is 10.0 Å². The molecule has 2 rings (SSSR count). The average Bonchev–Trinajstić information content (AvgIpc) is 2.49. The number of nitrogens with one attached hydrogen (secondary N) is 2. The van der Waals surface area contributed by atoms with Crippen molar-refractivity contribution in [1.82, 2.24) is 0 Å². The summed E-state index contributed by atoms with van der Waals surface area (Å²) in [6.45, 7) is 3.69. The van der Waals surface area contributed by atoms with Crippen LogP contribution >= 0.6 is 11.6 Å². The predicted molar refractivity (Wildman–Crippen MR) is 98.3 cm³/mol. The van der Waals surface area contributed by atoms with Crippen LogP contribution in [0.4, 0.5) is 11.4 Å². The van der Waals surface area contributed by atoms with Gasteiger partial charge in [0.05, 0.1) is 16.5 Å². The van der Waals surface area contributed by atoms with Crippen LogP contribution in [0.25, 0.3) is 0 Å². The van der Waals surface area contributed by atoms with E-state index in [1.807, 2.05) is 13.0 Å². The molecule has 1 amide bonds. The monoisotopic (exact) mass is 366 g/mol. The summed E-state index contributed by atoms with van der Waals surface area (Å²) in [6, 6.07) is 11.6. The molecule has 0 saturated heterocycles. The summed E-state index contributed by atoms with van der Waals surface area (Å²) >= 11 is 6.11. The van der Waals surface area contributed by atoms with E-state index in [0.717, 1.165) is 5.56 Å². The maximum absolute atomic E-state index is 12.3. The van der Waals surface area contributed by atoms with Crippen molar-refractivity contribution < 1.29 is 13.2 Å². The van der Waals surface area contributed by atoms with E-state index >= 15 is 0 Å². The molecule has 2 N–H and O–H groups in total. The number of anilines is 2. The Bertz CT molecular complexity index is 851. The Kier molecular flexibility index (Phi) is 5.85. The van der Waals surface area contributed by atoms with Gasteiger partial charge in [-0.15, -0.1) is 0 Å². The van der Waals surface area contributed by atoms with Crippen molar-refractivity contribution in [3.8, 4) is 0 Å². The van der Waals surface area contributed by atoms with Crippen LogP contribution in [-0.2, 0) is 10.0 Å². The van der Waals surface area contributed by atoms with E-state index in [1.165, 1.54) is 6.07 Å². The maximum Gasteiger partial charge on any atom is 0.255 e. The molecule has 0 aliphatic rings. The molecule has 0 fully saturated rings. The Balaban J connectivity index is 2.17. The minimum Gasteiger partial charge on any atom is -0.321 e. The number of carbonyl (C=O) groups is 1. The van der Waals surface area contributed by atoms with Crippen molar-refractivity contribution in [2.45, 2.75) is 20.3 Å². The van der Waals surface area contributed by atoms with Gasteiger partial charge < -0.3 is 5.32 Å². The van der Waals surface area contributed by atoms with Crippen LogP contribution in [0, 0.1) is 6.92 Å². The molecule has 128 valence electrons. The SMILES string of the molecule is CCCS(=O)(=O)Nc1cccc(C(=O)Nc2ccc(C)cc2Cl)c1. The lowest BCUT2D eigenvalue weighted by Crippen LogP contribution is -2.17. The quantitative estimate of drug-likeness (QED) is 0.809. The van der Waals surface area contributed by atoms with Crippen molar-refractivity contribution in [2.75, 3.05) is 15.8 Å². The molecule has 0 unspecified atom stereocenters. The maximum atomic E-state index is 12.3. The van der Waals surface area contributed by atoms with E-state index in [1.54, 1.807) is 37.3 Å². The molecule has 0 saturated carbocycles. The molecule has 2 aromatic rings. The predicted octanol–water partition coefficient (Wildman–Crippen LogP) is 4.05. The van der Waals surface area contributed by atoms with Gasteiger partial charge in [-0.2, -0.15) is 0 Å². The summed E-state index contributed by atoms with van der Waals surface area (Å²) in [6.07, 6.45) is 0.515. The minimum absolute atomic E-state index is 0.0302. The van der Waals surface area contributed by atoms with Gasteiger partial charge in [0, 0.05) is 11.3 Å². The van der Waals surface area contributed by atoms with Gasteiger partial charge in [-0.05, 0) is 49.2 Å². The summed E-state index contributed by atoms with van der Waals surface area (Å²) in [5.41, 5.74) is 2.18. The second-order valence-electron chi connectivity index (χ2n) is 5.44. The molecule has 0 radical (unpaired) electrons. The second kappa shape index (κ2) is 7.68. The number of amides is 1. The Morgan fingerprint density at radius 1 is 1.17 bits per heavy atom. The van der Waals surface area contributed by atoms with Gasteiger partial charge in [0.2, 0.25) is 10.0 Å². The van der Waals surface area contributed by atoms with E-state index in [9.17, 15) is 13.2 Å². The van der Waals surface area contributed by atoms with E-state index in [4.69, 9.17) is 11.6 Å². The highest BCUT2D eigenvalue weighted by Crippen LogP contribution is 2.23. The second-order valence-corrected chi connectivity index (χ2v) is 7.69. The van der Waals surface area contributed by atoms with Gasteiger partial charge in [-0.25, -0.2) is 8.42 Å². The number of hydrogen-bond donors (Lipinski definition) is 2. The molecule has 0 aliphatic heterocycles. The first-order chi connectivity index (χ1) is 11.3. The fourth-order valence-electron chi connectivity index (χ4n) is 2.14. The number of halogens is 1. The van der Waals surface area contributed by atoms with Gasteiger partial charge >= 0.3 is 0 Å². The first kappa shape index (κ1) is 18.3. The molecular formula is C17H19ClN2O3S. The fraction of sp³-hybridized carbons (Fsp3) is 0.235. The van der Waals surface area contributed by atoms with Crippen LogP contribution in [0.2, 0.25) is 5.02 Å². The fourth-order valence-corrected chi connectivity index (χ4v) is 3.55. The first-order valence-corrected chi connectivity index (χ1v) is 9.52. The van der Waals surface area contributed by atoms with E-state index in [0.29, 0.717) is 28.4 Å². The zero-order valence-electron chi connectivity index (χ0n) is 13.5. The number of carbonyl (C=O) groups excluding carboxylic acids is 1. The Morgan fingerprint density at radius 3 is 2.58 bits per heavy atom. The molecular weight excluding hydrogens is 348 g/mol. The Morgan fingerprint density at radius 2 is 1.92 bits per heavy atom. The van der Waals surface area contributed by atoms with Gasteiger partial charge in [-0.3, -0.25) is 9.52 Å². The van der Waals surface area contributed by atoms with Crippen molar-refractivity contribution in [1.29, 1.82) is 0 Å². The number of benzene rings is 2. The van der Waals surface area contributed by atoms with Crippen LogP contribution in [-0.4, -0.2) is 20.1 Å². The summed E-state index contributed by atoms with van der Waals surface area (Å²) in [5, 5.41) is 3.17. The first-order valence-electron chi connectivity index (χ1n) is 7.49. The number of rotatable bonds is 6. The van der Waals surface area contributed by atoms with Gasteiger partial charge in [0.25, 0.3) is 5.91 Å². The zero-order valence-corrected chi connectivity index (χ0v) is 15.0. The molecule has 24 heavy (non-hydrogen) atoms. The number of aryl methyl sites for hydroxylation is 1. The summed E-state index contributed by atoms with van der Waals surface area (Å²) in [5.74, 6) is -0.333. The summed E-state index contributed by atoms with van der Waals surface area (Å²) in [4.78, 5) is 12.3. The Labute approximate surface area is 147 Å². The van der Waals surface area contributed by atoms with Crippen LogP contribution in [0.3, 0.4) is 0 Å². The van der Waals surface area contributed by atoms with E-state index in [-0.39, 0.29) is 11.7 Å². The normalized spacial score (nSPS) is 11.1. The standard InChI is InChI=1S/C17H19ClN2O3S/c1-3-9-24(22,23)20-14-6-4-5-13(11-14)17(21)19-16-8-7-12(2)10-15(16)18/h4-8,10-11,20H,3,9H2,1-2H3,(H,19,21). The lowest BCUT2D eigenvalue weighted by molar-refractivity contribution is 0.102. The molecule has 0 heterocycles. The molecule has 7 heteroatoms. The van der Waals surface area contributed by atoms with Crippen LogP contribution in [0.1, 0.15) is 29.3 Å². The van der Waals surface area contributed by atoms with Crippen LogP contribution < -0.4 is 10.0 Å². The molecule has 0 atom stereocenters. The third kappa shape index (κ3) is 4.97. The molecule has 0 aromatic heterocycles. The summed E-state index contributed by atoms with van der Waals surface area (Å²) in [7, 11) is -3.40. The number of hydrogen-bond acceptors (Lipinski definition) is 3. The Hall–Kier alpha value is -2.05. The van der Waals surface area contributed by atoms with Gasteiger partial charge in [0.15, 0.2) is 0 Å². The van der Waals surface area contributed by atoms with Crippen LogP contribution in [0.15, 0.2) is 42.5 Å². The van der Waals surface area contributed by atoms with Crippen molar-refractivity contribution in [3.63, 3.8) is 0 Å². The largest absolute Gasteiger partial charge is 0.321 e. The summed E-state index contributed by atoms with van der Waals surface area (Å²) < 4.78 is 26.1. The molecule has 0 spiro atoms. The zero-order chi connectivity index (χ0) is 17.7. The molecule has 0 bridgehead atoms. The molecule has 2 aromatic carbocycles. The molecule has 5 nitrogen and oxygen atoms in total. The highest BCUT2D eigenvalue weighted by atomic mass is 35.5.